The molecular weight excluding hydrogens is 302 g/mol. The third-order valence-corrected chi connectivity index (χ3v) is 6.22. The summed E-state index contributed by atoms with van der Waals surface area (Å²) in [7, 11) is 0. The molecule has 2 atom stereocenters. The standard InChI is InChI=1S/C15H23N3OS2/c1-10-5-7-20-8-6-18(10)15(19)17-13(12-3-4-12)14-16-9-11(2)21-14/h9-10,12-13H,3-8H2,1-2H3,(H,17,19). The fourth-order valence-electron chi connectivity index (χ4n) is 2.74. The van der Waals surface area contributed by atoms with Crippen LogP contribution in [0.4, 0.5) is 4.79 Å². The third kappa shape index (κ3) is 3.72. The molecule has 6 heteroatoms. The molecule has 1 aliphatic carbocycles. The molecule has 4 nitrogen and oxygen atoms in total. The maximum Gasteiger partial charge on any atom is 0.318 e. The number of aryl methyl sites for hydroxylation is 1. The Morgan fingerprint density at radius 1 is 1.43 bits per heavy atom. The average Bonchev–Trinajstić information content (AvgIpc) is 3.23. The Morgan fingerprint density at radius 2 is 2.24 bits per heavy atom. The van der Waals surface area contributed by atoms with E-state index in [4.69, 9.17) is 0 Å². The lowest BCUT2D eigenvalue weighted by Crippen LogP contribution is -2.47. The van der Waals surface area contributed by atoms with Gasteiger partial charge in [-0.15, -0.1) is 11.3 Å². The minimum Gasteiger partial charge on any atom is -0.328 e. The Bertz CT molecular complexity index is 501. The highest BCUT2D eigenvalue weighted by atomic mass is 32.2. The Labute approximate surface area is 134 Å². The van der Waals surface area contributed by atoms with Gasteiger partial charge >= 0.3 is 6.03 Å². The van der Waals surface area contributed by atoms with E-state index in [1.807, 2.05) is 22.9 Å². The lowest BCUT2D eigenvalue weighted by Gasteiger charge is -2.29. The minimum absolute atomic E-state index is 0.0924. The van der Waals surface area contributed by atoms with E-state index in [-0.39, 0.29) is 12.1 Å². The molecule has 1 saturated heterocycles. The van der Waals surface area contributed by atoms with Crippen LogP contribution >= 0.6 is 23.1 Å². The monoisotopic (exact) mass is 325 g/mol. The largest absolute Gasteiger partial charge is 0.328 e. The van der Waals surface area contributed by atoms with E-state index < -0.39 is 0 Å². The van der Waals surface area contributed by atoms with E-state index in [0.29, 0.717) is 12.0 Å². The Balaban J connectivity index is 1.68. The molecule has 0 spiro atoms. The summed E-state index contributed by atoms with van der Waals surface area (Å²) in [5.41, 5.74) is 0. The second-order valence-corrected chi connectivity index (χ2v) is 8.51. The number of hydrogen-bond acceptors (Lipinski definition) is 4. The normalized spacial score (nSPS) is 24.5. The van der Waals surface area contributed by atoms with Crippen LogP contribution in [-0.4, -0.2) is 40.0 Å². The Hall–Kier alpha value is -0.750. The highest BCUT2D eigenvalue weighted by Gasteiger charge is 2.36. The van der Waals surface area contributed by atoms with Gasteiger partial charge < -0.3 is 10.2 Å². The van der Waals surface area contributed by atoms with Gasteiger partial charge in [-0.25, -0.2) is 9.78 Å². The quantitative estimate of drug-likeness (QED) is 0.926. The van der Waals surface area contributed by atoms with E-state index in [1.165, 1.54) is 17.7 Å². The van der Waals surface area contributed by atoms with Gasteiger partial charge in [0.05, 0.1) is 6.04 Å². The van der Waals surface area contributed by atoms with Gasteiger partial charge in [-0.05, 0) is 44.8 Å². The van der Waals surface area contributed by atoms with Gasteiger partial charge in [0.2, 0.25) is 0 Å². The zero-order valence-corrected chi connectivity index (χ0v) is 14.3. The predicted octanol–water partition coefficient (Wildman–Crippen LogP) is 3.44. The first kappa shape index (κ1) is 15.2. The van der Waals surface area contributed by atoms with Crippen molar-refractivity contribution in [2.24, 2.45) is 5.92 Å². The fourth-order valence-corrected chi connectivity index (χ4v) is 4.70. The molecule has 1 saturated carbocycles. The molecule has 116 valence electrons. The number of nitrogens with zero attached hydrogens (tertiary/aromatic N) is 2. The van der Waals surface area contributed by atoms with Crippen molar-refractivity contribution >= 4 is 29.1 Å². The van der Waals surface area contributed by atoms with Crippen LogP contribution in [0, 0.1) is 12.8 Å². The molecule has 2 fully saturated rings. The molecule has 2 unspecified atom stereocenters. The zero-order chi connectivity index (χ0) is 14.8. The molecule has 1 aromatic heterocycles. The Kier molecular flexibility index (Phi) is 4.74. The molecule has 3 rings (SSSR count). The number of aromatic nitrogens is 1. The summed E-state index contributed by atoms with van der Waals surface area (Å²) in [5, 5.41) is 4.33. The Morgan fingerprint density at radius 3 is 2.90 bits per heavy atom. The van der Waals surface area contributed by atoms with Gasteiger partial charge in [0.25, 0.3) is 0 Å². The number of carbonyl (C=O) groups excluding carboxylic acids is 1. The molecule has 0 bridgehead atoms. The first-order valence-corrected chi connectivity index (χ1v) is 9.69. The molecule has 1 aliphatic heterocycles. The van der Waals surface area contributed by atoms with Crippen LogP contribution < -0.4 is 5.32 Å². The summed E-state index contributed by atoms with van der Waals surface area (Å²) in [6.45, 7) is 5.08. The number of thiazole rings is 1. The van der Waals surface area contributed by atoms with Crippen LogP contribution in [0.5, 0.6) is 0 Å². The van der Waals surface area contributed by atoms with Crippen molar-refractivity contribution in [3.63, 3.8) is 0 Å². The van der Waals surface area contributed by atoms with Crippen molar-refractivity contribution in [3.8, 4) is 0 Å². The van der Waals surface area contributed by atoms with Crippen molar-refractivity contribution in [2.75, 3.05) is 18.1 Å². The molecular formula is C15H23N3OS2. The first-order valence-electron chi connectivity index (χ1n) is 7.72. The summed E-state index contributed by atoms with van der Waals surface area (Å²) in [6, 6.07) is 0.534. The zero-order valence-electron chi connectivity index (χ0n) is 12.7. The second kappa shape index (κ2) is 6.57. The number of thioether (sulfide) groups is 1. The van der Waals surface area contributed by atoms with E-state index in [0.717, 1.165) is 29.5 Å². The molecule has 21 heavy (non-hydrogen) atoms. The number of amides is 2. The lowest BCUT2D eigenvalue weighted by molar-refractivity contribution is 0.177. The number of hydrogen-bond donors (Lipinski definition) is 1. The van der Waals surface area contributed by atoms with E-state index in [2.05, 4.69) is 24.1 Å². The van der Waals surface area contributed by atoms with Crippen molar-refractivity contribution < 1.29 is 4.79 Å². The third-order valence-electron chi connectivity index (χ3n) is 4.23. The van der Waals surface area contributed by atoms with Crippen molar-refractivity contribution in [1.82, 2.24) is 15.2 Å². The summed E-state index contributed by atoms with van der Waals surface area (Å²) in [4.78, 5) is 20.4. The second-order valence-electron chi connectivity index (χ2n) is 6.02. The van der Waals surface area contributed by atoms with Crippen molar-refractivity contribution in [2.45, 2.75) is 45.2 Å². The van der Waals surface area contributed by atoms with Crippen LogP contribution in [0.25, 0.3) is 0 Å². The average molecular weight is 326 g/mol. The summed E-state index contributed by atoms with van der Waals surface area (Å²) >= 11 is 3.66. The summed E-state index contributed by atoms with van der Waals surface area (Å²) < 4.78 is 0. The van der Waals surface area contributed by atoms with E-state index >= 15 is 0 Å². The maximum absolute atomic E-state index is 12.7. The van der Waals surface area contributed by atoms with Crippen LogP contribution in [0.1, 0.15) is 42.1 Å². The molecule has 2 heterocycles. The van der Waals surface area contributed by atoms with Gasteiger partial charge in [-0.3, -0.25) is 0 Å². The maximum atomic E-state index is 12.7. The topological polar surface area (TPSA) is 45.2 Å². The summed E-state index contributed by atoms with van der Waals surface area (Å²) in [5.74, 6) is 2.78. The molecule has 0 aromatic carbocycles. The smallest absolute Gasteiger partial charge is 0.318 e. The lowest BCUT2D eigenvalue weighted by atomic mass is 10.2. The fraction of sp³-hybridized carbons (Fsp3) is 0.733. The number of carbonyl (C=O) groups is 1. The van der Waals surface area contributed by atoms with Gasteiger partial charge in [-0.1, -0.05) is 0 Å². The van der Waals surface area contributed by atoms with Gasteiger partial charge in [-0.2, -0.15) is 11.8 Å². The predicted molar refractivity (Wildman–Crippen MR) is 89.0 cm³/mol. The number of nitrogens with one attached hydrogen (secondary N) is 1. The van der Waals surface area contributed by atoms with E-state index in [9.17, 15) is 4.79 Å². The molecule has 1 N–H and O–H groups in total. The first-order chi connectivity index (χ1) is 10.1. The number of rotatable bonds is 3. The molecule has 2 amide bonds. The van der Waals surface area contributed by atoms with Crippen LogP contribution in [0.3, 0.4) is 0 Å². The van der Waals surface area contributed by atoms with Gasteiger partial charge in [0.15, 0.2) is 0 Å². The highest BCUT2D eigenvalue weighted by molar-refractivity contribution is 7.99. The van der Waals surface area contributed by atoms with E-state index in [1.54, 1.807) is 11.3 Å². The molecule has 2 aliphatic rings. The molecule has 1 aromatic rings. The minimum atomic E-state index is 0.0924. The number of urea groups is 1. The molecule has 0 radical (unpaired) electrons. The van der Waals surface area contributed by atoms with Crippen LogP contribution in [0.15, 0.2) is 6.20 Å². The van der Waals surface area contributed by atoms with Crippen LogP contribution in [-0.2, 0) is 0 Å². The van der Waals surface area contributed by atoms with Gasteiger partial charge in [0.1, 0.15) is 5.01 Å². The van der Waals surface area contributed by atoms with Crippen LogP contribution in [0.2, 0.25) is 0 Å². The SMILES string of the molecule is Cc1cnc(C(NC(=O)N2CCSCCC2C)C2CC2)s1. The van der Waals surface area contributed by atoms with Crippen molar-refractivity contribution in [1.29, 1.82) is 0 Å². The van der Waals surface area contributed by atoms with Crippen molar-refractivity contribution in [3.05, 3.63) is 16.1 Å². The summed E-state index contributed by atoms with van der Waals surface area (Å²) in [6.07, 6.45) is 5.40. The van der Waals surface area contributed by atoms with Gasteiger partial charge in [0, 0.05) is 29.4 Å². The highest BCUT2D eigenvalue weighted by Crippen LogP contribution is 2.42.